The molecule has 3 rings (SSSR count). The SMILES string of the molecule is COc1ccc(C)cc1NC(=O)Cn1cnc(S(=O)(=O)N2CCC(C)CC2)c1. The highest BCUT2D eigenvalue weighted by molar-refractivity contribution is 7.89. The fraction of sp³-hybridized carbons (Fsp3) is 0.474. The van der Waals surface area contributed by atoms with Gasteiger partial charge in [-0.2, -0.15) is 4.31 Å². The third-order valence-corrected chi connectivity index (χ3v) is 6.70. The minimum atomic E-state index is -3.63. The summed E-state index contributed by atoms with van der Waals surface area (Å²) in [5, 5.41) is 2.77. The first-order chi connectivity index (χ1) is 13.3. The van der Waals surface area contributed by atoms with Gasteiger partial charge in [0, 0.05) is 19.3 Å². The van der Waals surface area contributed by atoms with E-state index in [1.54, 1.807) is 6.07 Å². The van der Waals surface area contributed by atoms with Crippen LogP contribution in [0.5, 0.6) is 5.75 Å². The van der Waals surface area contributed by atoms with E-state index in [0.29, 0.717) is 30.4 Å². The van der Waals surface area contributed by atoms with E-state index in [1.165, 1.54) is 28.5 Å². The van der Waals surface area contributed by atoms with Gasteiger partial charge in [-0.25, -0.2) is 13.4 Å². The summed E-state index contributed by atoms with van der Waals surface area (Å²) in [4.78, 5) is 16.4. The molecule has 1 aliphatic rings. The van der Waals surface area contributed by atoms with Gasteiger partial charge in [-0.05, 0) is 43.4 Å². The fourth-order valence-corrected chi connectivity index (χ4v) is 4.60. The quantitative estimate of drug-likeness (QED) is 0.794. The Morgan fingerprint density at radius 1 is 1.32 bits per heavy atom. The maximum atomic E-state index is 12.7. The highest BCUT2D eigenvalue weighted by Gasteiger charge is 2.29. The number of piperidine rings is 1. The van der Waals surface area contributed by atoms with E-state index < -0.39 is 10.0 Å². The van der Waals surface area contributed by atoms with Crippen molar-refractivity contribution in [2.24, 2.45) is 5.92 Å². The Balaban J connectivity index is 1.67. The summed E-state index contributed by atoms with van der Waals surface area (Å²) in [6.45, 7) is 5.01. The Bertz CT molecular complexity index is 947. The van der Waals surface area contributed by atoms with Crippen LogP contribution in [0.4, 0.5) is 5.69 Å². The molecule has 1 aliphatic heterocycles. The minimum Gasteiger partial charge on any atom is -0.495 e. The van der Waals surface area contributed by atoms with E-state index in [-0.39, 0.29) is 17.5 Å². The Hall–Kier alpha value is -2.39. The molecule has 0 aliphatic carbocycles. The topological polar surface area (TPSA) is 93.5 Å². The molecule has 0 unspecified atom stereocenters. The first kappa shape index (κ1) is 20.3. The summed E-state index contributed by atoms with van der Waals surface area (Å²) in [7, 11) is -2.09. The van der Waals surface area contributed by atoms with Crippen LogP contribution in [0.1, 0.15) is 25.3 Å². The van der Waals surface area contributed by atoms with Crippen LogP contribution in [-0.4, -0.2) is 48.4 Å². The number of sulfonamides is 1. The van der Waals surface area contributed by atoms with Crippen LogP contribution in [0.2, 0.25) is 0 Å². The van der Waals surface area contributed by atoms with Crippen molar-refractivity contribution in [2.75, 3.05) is 25.5 Å². The lowest BCUT2D eigenvalue weighted by Gasteiger charge is -2.28. The number of carbonyl (C=O) groups excluding carboxylic acids is 1. The average molecular weight is 407 g/mol. The lowest BCUT2D eigenvalue weighted by molar-refractivity contribution is -0.116. The maximum absolute atomic E-state index is 12.7. The number of methoxy groups -OCH3 is 1. The molecular weight excluding hydrogens is 380 g/mol. The zero-order valence-corrected chi connectivity index (χ0v) is 17.2. The van der Waals surface area contributed by atoms with E-state index in [2.05, 4.69) is 17.2 Å². The summed E-state index contributed by atoms with van der Waals surface area (Å²) in [5.74, 6) is 0.801. The third kappa shape index (κ3) is 4.53. The summed E-state index contributed by atoms with van der Waals surface area (Å²) < 4.78 is 33.7. The van der Waals surface area contributed by atoms with Crippen molar-refractivity contribution in [3.8, 4) is 5.75 Å². The van der Waals surface area contributed by atoms with Crippen LogP contribution >= 0.6 is 0 Å². The molecule has 1 saturated heterocycles. The molecular formula is C19H26N4O4S. The van der Waals surface area contributed by atoms with Crippen LogP contribution in [0.25, 0.3) is 0 Å². The Kier molecular flexibility index (Phi) is 6.04. The Labute approximate surface area is 165 Å². The second kappa shape index (κ2) is 8.32. The summed E-state index contributed by atoms with van der Waals surface area (Å²) in [5.41, 5.74) is 1.56. The van der Waals surface area contributed by atoms with Gasteiger partial charge in [0.15, 0.2) is 5.03 Å². The molecule has 1 amide bonds. The standard InChI is InChI=1S/C19H26N4O4S/c1-14-6-8-23(9-7-14)28(25,26)19-12-22(13-20-19)11-18(24)21-16-10-15(2)4-5-17(16)27-3/h4-5,10,12-14H,6-9,11H2,1-3H3,(H,21,24). The number of hydrogen-bond acceptors (Lipinski definition) is 5. The van der Waals surface area contributed by atoms with Crippen molar-refractivity contribution >= 4 is 21.6 Å². The van der Waals surface area contributed by atoms with Crippen molar-refractivity contribution in [2.45, 2.75) is 38.3 Å². The van der Waals surface area contributed by atoms with Crippen LogP contribution in [0, 0.1) is 12.8 Å². The molecule has 2 aromatic rings. The lowest BCUT2D eigenvalue weighted by Crippen LogP contribution is -2.38. The summed E-state index contributed by atoms with van der Waals surface area (Å²) in [6, 6.07) is 5.49. The van der Waals surface area contributed by atoms with Crippen LogP contribution in [0.3, 0.4) is 0 Å². The van der Waals surface area contributed by atoms with Gasteiger partial charge in [0.2, 0.25) is 5.91 Å². The monoisotopic (exact) mass is 406 g/mol. The highest BCUT2D eigenvalue weighted by atomic mass is 32.2. The molecule has 0 bridgehead atoms. The molecule has 28 heavy (non-hydrogen) atoms. The molecule has 8 nitrogen and oxygen atoms in total. The molecule has 1 fully saturated rings. The van der Waals surface area contributed by atoms with Gasteiger partial charge in [-0.1, -0.05) is 13.0 Å². The molecule has 0 spiro atoms. The van der Waals surface area contributed by atoms with E-state index in [0.717, 1.165) is 18.4 Å². The first-order valence-corrected chi connectivity index (χ1v) is 10.7. The van der Waals surface area contributed by atoms with E-state index in [4.69, 9.17) is 4.74 Å². The van der Waals surface area contributed by atoms with Gasteiger partial charge < -0.3 is 14.6 Å². The molecule has 0 radical (unpaired) electrons. The third-order valence-electron chi connectivity index (χ3n) is 4.91. The predicted molar refractivity (Wildman–Crippen MR) is 106 cm³/mol. The van der Waals surface area contributed by atoms with Gasteiger partial charge >= 0.3 is 0 Å². The number of imidazole rings is 1. The van der Waals surface area contributed by atoms with Crippen molar-refractivity contribution in [1.29, 1.82) is 0 Å². The number of amides is 1. The lowest BCUT2D eigenvalue weighted by atomic mass is 10.0. The van der Waals surface area contributed by atoms with E-state index >= 15 is 0 Å². The summed E-state index contributed by atoms with van der Waals surface area (Å²) >= 11 is 0. The molecule has 2 heterocycles. The number of nitrogens with zero attached hydrogens (tertiary/aromatic N) is 3. The van der Waals surface area contributed by atoms with E-state index in [1.807, 2.05) is 19.1 Å². The van der Waals surface area contributed by atoms with Crippen molar-refractivity contribution < 1.29 is 17.9 Å². The molecule has 0 saturated carbocycles. The van der Waals surface area contributed by atoms with Crippen molar-refractivity contribution in [3.05, 3.63) is 36.3 Å². The van der Waals surface area contributed by atoms with Gasteiger partial charge in [-0.3, -0.25) is 4.79 Å². The van der Waals surface area contributed by atoms with Gasteiger partial charge in [0.1, 0.15) is 12.3 Å². The van der Waals surface area contributed by atoms with E-state index in [9.17, 15) is 13.2 Å². The smallest absolute Gasteiger partial charge is 0.262 e. The minimum absolute atomic E-state index is 0.0250. The number of ether oxygens (including phenoxy) is 1. The largest absolute Gasteiger partial charge is 0.495 e. The van der Waals surface area contributed by atoms with Crippen LogP contribution in [-0.2, 0) is 21.4 Å². The highest BCUT2D eigenvalue weighted by Crippen LogP contribution is 2.25. The fourth-order valence-electron chi connectivity index (χ4n) is 3.19. The molecule has 0 atom stereocenters. The van der Waals surface area contributed by atoms with Crippen LogP contribution < -0.4 is 10.1 Å². The normalized spacial score (nSPS) is 16.1. The molecule has 9 heteroatoms. The molecule has 152 valence electrons. The Morgan fingerprint density at radius 3 is 2.71 bits per heavy atom. The predicted octanol–water partition coefficient (Wildman–Crippen LogP) is 2.26. The van der Waals surface area contributed by atoms with Gasteiger partial charge in [0.05, 0.1) is 19.1 Å². The molecule has 1 aromatic heterocycles. The second-order valence-electron chi connectivity index (χ2n) is 7.22. The number of benzene rings is 1. The van der Waals surface area contributed by atoms with Crippen molar-refractivity contribution in [3.63, 3.8) is 0 Å². The number of anilines is 1. The van der Waals surface area contributed by atoms with Gasteiger partial charge in [0.25, 0.3) is 10.0 Å². The number of rotatable bonds is 6. The summed E-state index contributed by atoms with van der Waals surface area (Å²) in [6.07, 6.45) is 4.47. The number of nitrogens with one attached hydrogen (secondary N) is 1. The number of hydrogen-bond donors (Lipinski definition) is 1. The maximum Gasteiger partial charge on any atom is 0.262 e. The number of aryl methyl sites for hydroxylation is 1. The zero-order chi connectivity index (χ0) is 20.3. The zero-order valence-electron chi connectivity index (χ0n) is 16.4. The van der Waals surface area contributed by atoms with Crippen LogP contribution in [0.15, 0.2) is 35.7 Å². The number of carbonyl (C=O) groups is 1. The van der Waals surface area contributed by atoms with Crippen molar-refractivity contribution in [1.82, 2.24) is 13.9 Å². The second-order valence-corrected chi connectivity index (χ2v) is 9.11. The number of aromatic nitrogens is 2. The molecule has 1 aromatic carbocycles. The first-order valence-electron chi connectivity index (χ1n) is 9.26. The molecule has 1 N–H and O–H groups in total. The average Bonchev–Trinajstić information content (AvgIpc) is 3.11. The Morgan fingerprint density at radius 2 is 2.04 bits per heavy atom. The van der Waals surface area contributed by atoms with Gasteiger partial charge in [-0.15, -0.1) is 0 Å².